The molecule has 1 amide bonds. The number of methoxy groups -OCH3 is 1. The van der Waals surface area contributed by atoms with E-state index in [0.29, 0.717) is 22.6 Å². The van der Waals surface area contributed by atoms with Crippen LogP contribution in [0.5, 0.6) is 5.75 Å². The number of aromatic nitrogens is 2. The van der Waals surface area contributed by atoms with Gasteiger partial charge < -0.3 is 14.6 Å². The number of hydrogen-bond donors (Lipinski definition) is 1. The van der Waals surface area contributed by atoms with E-state index in [2.05, 4.69) is 15.5 Å². The molecule has 2 heterocycles. The SMILES string of the molecule is COc1ccc(-c2nc(-c3ccc(C(=O)NC4CC4)s3)no2)cc1. The average molecular weight is 341 g/mol. The second-order valence-corrected chi connectivity index (χ2v) is 6.65. The molecule has 1 aliphatic rings. The van der Waals surface area contributed by atoms with Gasteiger partial charge in [0.15, 0.2) is 0 Å². The number of nitrogens with zero attached hydrogens (tertiary/aromatic N) is 2. The van der Waals surface area contributed by atoms with Crippen LogP contribution in [0, 0.1) is 0 Å². The molecule has 0 atom stereocenters. The molecule has 122 valence electrons. The largest absolute Gasteiger partial charge is 0.497 e. The Hall–Kier alpha value is -2.67. The Morgan fingerprint density at radius 1 is 1.25 bits per heavy atom. The first-order chi connectivity index (χ1) is 11.7. The normalized spacial score (nSPS) is 13.7. The Balaban J connectivity index is 1.53. The molecule has 6 nitrogen and oxygen atoms in total. The number of benzene rings is 1. The molecule has 0 unspecified atom stereocenters. The minimum absolute atomic E-state index is 0.0346. The fourth-order valence-electron chi connectivity index (χ4n) is 2.24. The van der Waals surface area contributed by atoms with Gasteiger partial charge in [-0.3, -0.25) is 4.79 Å². The van der Waals surface area contributed by atoms with Gasteiger partial charge in [0.25, 0.3) is 11.8 Å². The highest BCUT2D eigenvalue weighted by Gasteiger charge is 2.24. The molecule has 0 spiro atoms. The highest BCUT2D eigenvalue weighted by atomic mass is 32.1. The summed E-state index contributed by atoms with van der Waals surface area (Å²) in [6.07, 6.45) is 2.14. The van der Waals surface area contributed by atoms with Crippen LogP contribution in [-0.2, 0) is 0 Å². The fourth-order valence-corrected chi connectivity index (χ4v) is 3.07. The van der Waals surface area contributed by atoms with E-state index in [9.17, 15) is 4.79 Å². The van der Waals surface area contributed by atoms with Gasteiger partial charge in [0.05, 0.1) is 16.9 Å². The Morgan fingerprint density at radius 2 is 2.04 bits per heavy atom. The molecule has 0 bridgehead atoms. The average Bonchev–Trinajstić information content (AvgIpc) is 3.11. The molecule has 7 heteroatoms. The minimum Gasteiger partial charge on any atom is -0.497 e. The van der Waals surface area contributed by atoms with Crippen molar-refractivity contribution in [2.24, 2.45) is 0 Å². The van der Waals surface area contributed by atoms with Crippen LogP contribution in [0.1, 0.15) is 22.5 Å². The summed E-state index contributed by atoms with van der Waals surface area (Å²) in [6.45, 7) is 0. The topological polar surface area (TPSA) is 77.2 Å². The van der Waals surface area contributed by atoms with Crippen molar-refractivity contribution in [1.29, 1.82) is 0 Å². The molecule has 1 aromatic carbocycles. The highest BCUT2D eigenvalue weighted by Crippen LogP contribution is 2.29. The third-order valence-electron chi connectivity index (χ3n) is 3.73. The maximum Gasteiger partial charge on any atom is 0.261 e. The van der Waals surface area contributed by atoms with Gasteiger partial charge in [-0.15, -0.1) is 11.3 Å². The molecule has 4 rings (SSSR count). The molecule has 3 aromatic rings. The number of thiophene rings is 1. The van der Waals surface area contributed by atoms with Gasteiger partial charge in [0, 0.05) is 11.6 Å². The van der Waals surface area contributed by atoms with Crippen LogP contribution >= 0.6 is 11.3 Å². The third kappa shape index (κ3) is 3.03. The van der Waals surface area contributed by atoms with Gasteiger partial charge in [-0.2, -0.15) is 4.98 Å². The maximum atomic E-state index is 12.1. The van der Waals surface area contributed by atoms with Crippen molar-refractivity contribution in [2.75, 3.05) is 7.11 Å². The molecule has 0 saturated heterocycles. The van der Waals surface area contributed by atoms with E-state index in [1.165, 1.54) is 11.3 Å². The summed E-state index contributed by atoms with van der Waals surface area (Å²) in [6, 6.07) is 11.4. The lowest BCUT2D eigenvalue weighted by Gasteiger charge is -1.98. The minimum atomic E-state index is -0.0346. The van der Waals surface area contributed by atoms with Crippen molar-refractivity contribution in [3.05, 3.63) is 41.3 Å². The predicted molar refractivity (Wildman–Crippen MR) is 90.1 cm³/mol. The summed E-state index contributed by atoms with van der Waals surface area (Å²) >= 11 is 1.36. The van der Waals surface area contributed by atoms with Gasteiger partial charge >= 0.3 is 0 Å². The number of carbonyl (C=O) groups is 1. The molecule has 1 N–H and O–H groups in total. The van der Waals surface area contributed by atoms with E-state index in [-0.39, 0.29) is 5.91 Å². The number of ether oxygens (including phenoxy) is 1. The number of amides is 1. The second kappa shape index (κ2) is 6.09. The first kappa shape index (κ1) is 14.9. The summed E-state index contributed by atoms with van der Waals surface area (Å²) < 4.78 is 10.5. The molecule has 1 aliphatic carbocycles. The molecule has 2 aromatic heterocycles. The predicted octanol–water partition coefficient (Wildman–Crippen LogP) is 3.37. The van der Waals surface area contributed by atoms with E-state index in [0.717, 1.165) is 29.0 Å². The van der Waals surface area contributed by atoms with Crippen LogP contribution in [0.25, 0.3) is 22.2 Å². The lowest BCUT2D eigenvalue weighted by Crippen LogP contribution is -2.24. The first-order valence-electron chi connectivity index (χ1n) is 7.62. The highest BCUT2D eigenvalue weighted by molar-refractivity contribution is 7.17. The molecule has 1 fully saturated rings. The third-order valence-corrected chi connectivity index (χ3v) is 4.81. The lowest BCUT2D eigenvalue weighted by molar-refractivity contribution is 0.0955. The quantitative estimate of drug-likeness (QED) is 0.770. The Bertz CT molecular complexity index is 865. The van der Waals surface area contributed by atoms with Gasteiger partial charge in [-0.25, -0.2) is 0 Å². The zero-order valence-electron chi connectivity index (χ0n) is 13.0. The van der Waals surface area contributed by atoms with Gasteiger partial charge in [0.1, 0.15) is 5.75 Å². The van der Waals surface area contributed by atoms with Crippen LogP contribution in [0.2, 0.25) is 0 Å². The van der Waals surface area contributed by atoms with E-state index >= 15 is 0 Å². The smallest absolute Gasteiger partial charge is 0.261 e. The van der Waals surface area contributed by atoms with E-state index in [1.54, 1.807) is 13.2 Å². The molecule has 0 aliphatic heterocycles. The van der Waals surface area contributed by atoms with Gasteiger partial charge in [-0.05, 0) is 49.2 Å². The van der Waals surface area contributed by atoms with Crippen LogP contribution < -0.4 is 10.1 Å². The molecular formula is C17H15N3O3S. The lowest BCUT2D eigenvalue weighted by atomic mass is 10.2. The zero-order valence-corrected chi connectivity index (χ0v) is 13.8. The van der Waals surface area contributed by atoms with Crippen LogP contribution in [0.15, 0.2) is 40.9 Å². The van der Waals surface area contributed by atoms with E-state index in [1.807, 2.05) is 30.3 Å². The van der Waals surface area contributed by atoms with Crippen molar-refractivity contribution in [1.82, 2.24) is 15.5 Å². The van der Waals surface area contributed by atoms with Gasteiger partial charge in [-0.1, -0.05) is 5.16 Å². The first-order valence-corrected chi connectivity index (χ1v) is 8.44. The molecular weight excluding hydrogens is 326 g/mol. The Morgan fingerprint density at radius 3 is 2.75 bits per heavy atom. The fraction of sp³-hybridized carbons (Fsp3) is 0.235. The second-order valence-electron chi connectivity index (χ2n) is 5.56. The number of hydrogen-bond acceptors (Lipinski definition) is 6. The summed E-state index contributed by atoms with van der Waals surface area (Å²) in [5.41, 5.74) is 0.817. The molecule has 24 heavy (non-hydrogen) atoms. The van der Waals surface area contributed by atoms with Crippen molar-refractivity contribution >= 4 is 17.2 Å². The Labute approximate surface area is 142 Å². The number of nitrogens with one attached hydrogen (secondary N) is 1. The maximum absolute atomic E-state index is 12.1. The van der Waals surface area contributed by atoms with Crippen LogP contribution in [-0.4, -0.2) is 29.2 Å². The van der Waals surface area contributed by atoms with Crippen molar-refractivity contribution < 1.29 is 14.1 Å². The van der Waals surface area contributed by atoms with Crippen LogP contribution in [0.3, 0.4) is 0 Å². The van der Waals surface area contributed by atoms with Crippen molar-refractivity contribution in [2.45, 2.75) is 18.9 Å². The van der Waals surface area contributed by atoms with Crippen molar-refractivity contribution in [3.63, 3.8) is 0 Å². The molecule has 0 radical (unpaired) electrons. The summed E-state index contributed by atoms with van der Waals surface area (Å²) in [4.78, 5) is 17.9. The number of carbonyl (C=O) groups excluding carboxylic acids is 1. The zero-order chi connectivity index (χ0) is 16.5. The Kier molecular flexibility index (Phi) is 3.78. The van der Waals surface area contributed by atoms with E-state index < -0.39 is 0 Å². The monoisotopic (exact) mass is 341 g/mol. The van der Waals surface area contributed by atoms with Gasteiger partial charge in [0.2, 0.25) is 5.82 Å². The summed E-state index contributed by atoms with van der Waals surface area (Å²) in [5, 5.41) is 6.98. The van der Waals surface area contributed by atoms with E-state index in [4.69, 9.17) is 9.26 Å². The van der Waals surface area contributed by atoms with Crippen molar-refractivity contribution in [3.8, 4) is 27.9 Å². The van der Waals surface area contributed by atoms with Crippen LogP contribution in [0.4, 0.5) is 0 Å². The summed E-state index contributed by atoms with van der Waals surface area (Å²) in [7, 11) is 1.62. The standard InChI is InChI=1S/C17H15N3O3S/c1-22-12-6-2-10(3-7-12)17-19-15(20-23-17)13-8-9-14(24-13)16(21)18-11-4-5-11/h2-3,6-9,11H,4-5H2,1H3,(H,18,21). The summed E-state index contributed by atoms with van der Waals surface area (Å²) in [5.74, 6) is 1.65. The molecule has 1 saturated carbocycles. The number of rotatable bonds is 5.